The average molecular weight is 576 g/mol. The highest BCUT2D eigenvalue weighted by molar-refractivity contribution is 9.10. The number of hydrogen-bond acceptors (Lipinski definition) is 5. The van der Waals surface area contributed by atoms with Gasteiger partial charge in [-0.15, -0.1) is 0 Å². The number of aromatic carboxylic acids is 1. The number of ether oxygens (including phenoxy) is 1. The number of phenols is 2. The van der Waals surface area contributed by atoms with Gasteiger partial charge < -0.3 is 20.1 Å². The van der Waals surface area contributed by atoms with E-state index in [0.29, 0.717) is 47.9 Å². The second-order valence-electron chi connectivity index (χ2n) is 8.12. The Hall–Kier alpha value is -2.84. The Morgan fingerprint density at radius 3 is 1.79 bits per heavy atom. The molecule has 1 heterocycles. The lowest BCUT2D eigenvalue weighted by Gasteiger charge is -2.34. The second kappa shape index (κ2) is 7.88. The van der Waals surface area contributed by atoms with Crippen molar-refractivity contribution in [2.75, 3.05) is 0 Å². The van der Waals surface area contributed by atoms with Gasteiger partial charge in [-0.2, -0.15) is 0 Å². The third-order valence-electron chi connectivity index (χ3n) is 6.34. The molecule has 0 aromatic heterocycles. The minimum atomic E-state index is -1.60. The van der Waals surface area contributed by atoms with Crippen molar-refractivity contribution in [2.24, 2.45) is 0 Å². The normalized spacial score (nSPS) is 14.2. The molecule has 170 valence electrons. The zero-order valence-electron chi connectivity index (χ0n) is 18.2. The van der Waals surface area contributed by atoms with Crippen LogP contribution in [0.5, 0.6) is 11.5 Å². The molecule has 33 heavy (non-hydrogen) atoms. The van der Waals surface area contributed by atoms with E-state index < -0.39 is 17.5 Å². The minimum Gasteiger partial charge on any atom is -0.508 e. The maximum Gasteiger partial charge on any atom is 0.341 e. The summed E-state index contributed by atoms with van der Waals surface area (Å²) in [5.74, 6) is -2.09. The third-order valence-corrected chi connectivity index (χ3v) is 8.72. The Morgan fingerprint density at radius 2 is 1.33 bits per heavy atom. The van der Waals surface area contributed by atoms with E-state index in [2.05, 4.69) is 31.9 Å². The number of cyclic esters (lactones) is 1. The van der Waals surface area contributed by atoms with Crippen LogP contribution in [-0.4, -0.2) is 27.3 Å². The molecule has 0 saturated heterocycles. The first-order valence-electron chi connectivity index (χ1n) is 10.0. The largest absolute Gasteiger partial charge is 0.508 e. The molecule has 1 aliphatic heterocycles. The molecule has 0 saturated carbocycles. The number of carbonyl (C=O) groups is 2. The number of benzene rings is 3. The summed E-state index contributed by atoms with van der Waals surface area (Å²) in [5.41, 5.74) is 1.99. The lowest BCUT2D eigenvalue weighted by molar-refractivity contribution is 0.0244. The topological polar surface area (TPSA) is 104 Å². The molecule has 0 radical (unpaired) electrons. The maximum atomic E-state index is 13.2. The van der Waals surface area contributed by atoms with Crippen LogP contribution in [0.1, 0.15) is 59.7 Å². The van der Waals surface area contributed by atoms with E-state index >= 15 is 0 Å². The molecule has 0 spiro atoms. The van der Waals surface area contributed by atoms with Crippen molar-refractivity contribution in [3.63, 3.8) is 0 Å². The van der Waals surface area contributed by atoms with E-state index in [-0.39, 0.29) is 22.6 Å². The molecule has 0 aliphatic carbocycles. The van der Waals surface area contributed by atoms with Crippen LogP contribution in [0.15, 0.2) is 39.3 Å². The Kier molecular flexibility index (Phi) is 5.57. The second-order valence-corrected chi connectivity index (χ2v) is 9.70. The fraction of sp³-hybridized carbons (Fsp3) is 0.200. The molecule has 6 nitrogen and oxygen atoms in total. The first-order valence-corrected chi connectivity index (χ1v) is 11.6. The molecule has 0 bridgehead atoms. The van der Waals surface area contributed by atoms with Gasteiger partial charge in [-0.25, -0.2) is 9.59 Å². The van der Waals surface area contributed by atoms with Crippen LogP contribution in [0.2, 0.25) is 0 Å². The summed E-state index contributed by atoms with van der Waals surface area (Å²) >= 11 is 7.05. The van der Waals surface area contributed by atoms with Gasteiger partial charge in [-0.05, 0) is 57.0 Å². The molecule has 0 fully saturated rings. The molecular formula is C25H20Br2O6. The lowest BCUT2D eigenvalue weighted by Crippen LogP contribution is -2.32. The van der Waals surface area contributed by atoms with Gasteiger partial charge in [0.05, 0.1) is 11.1 Å². The lowest BCUT2D eigenvalue weighted by atomic mass is 9.75. The summed E-state index contributed by atoms with van der Waals surface area (Å²) in [7, 11) is 0. The summed E-state index contributed by atoms with van der Waals surface area (Å²) in [4.78, 5) is 25.1. The molecular weight excluding hydrogens is 556 g/mol. The number of carbonyl (C=O) groups excluding carboxylic acids is 1. The van der Waals surface area contributed by atoms with Gasteiger partial charge in [-0.1, -0.05) is 44.0 Å². The van der Waals surface area contributed by atoms with Crippen molar-refractivity contribution in [2.45, 2.75) is 33.3 Å². The van der Waals surface area contributed by atoms with Crippen molar-refractivity contribution in [1.29, 1.82) is 0 Å². The number of phenolic OH excluding ortho intramolecular Hbond substituents is 2. The third kappa shape index (κ3) is 3.19. The summed E-state index contributed by atoms with van der Waals surface area (Å²) in [6.07, 6.45) is 0. The summed E-state index contributed by atoms with van der Waals surface area (Å²) in [5, 5.41) is 31.1. The predicted octanol–water partition coefficient (Wildman–Crippen LogP) is 6.02. The minimum absolute atomic E-state index is 0.0196. The van der Waals surface area contributed by atoms with Gasteiger partial charge in [0.15, 0.2) is 5.60 Å². The summed E-state index contributed by atoms with van der Waals surface area (Å²) in [6, 6.07) is 7.59. The van der Waals surface area contributed by atoms with Crippen LogP contribution in [0.4, 0.5) is 0 Å². The van der Waals surface area contributed by atoms with Crippen molar-refractivity contribution < 1.29 is 29.6 Å². The van der Waals surface area contributed by atoms with Crippen molar-refractivity contribution in [3.05, 3.63) is 89.3 Å². The number of rotatable bonds is 3. The summed E-state index contributed by atoms with van der Waals surface area (Å²) < 4.78 is 7.33. The van der Waals surface area contributed by atoms with Crippen molar-refractivity contribution in [1.82, 2.24) is 0 Å². The maximum absolute atomic E-state index is 13.2. The van der Waals surface area contributed by atoms with Crippen LogP contribution < -0.4 is 0 Å². The average Bonchev–Trinajstić information content (AvgIpc) is 3.08. The Labute approximate surface area is 207 Å². The number of carboxylic acid groups (broad SMARTS) is 1. The number of halogens is 2. The fourth-order valence-corrected chi connectivity index (χ4v) is 5.33. The number of esters is 1. The van der Waals surface area contributed by atoms with E-state index in [1.165, 1.54) is 18.2 Å². The predicted molar refractivity (Wildman–Crippen MR) is 129 cm³/mol. The molecule has 8 heteroatoms. The van der Waals surface area contributed by atoms with Crippen LogP contribution in [0.25, 0.3) is 0 Å². The molecule has 0 unspecified atom stereocenters. The van der Waals surface area contributed by atoms with Crippen molar-refractivity contribution >= 4 is 43.8 Å². The molecule has 4 rings (SSSR count). The van der Waals surface area contributed by atoms with Crippen LogP contribution in [-0.2, 0) is 10.3 Å². The van der Waals surface area contributed by atoms with Gasteiger partial charge in [0.2, 0.25) is 0 Å². The van der Waals surface area contributed by atoms with Gasteiger partial charge in [0.25, 0.3) is 0 Å². The van der Waals surface area contributed by atoms with E-state index in [1.807, 2.05) is 13.8 Å². The summed E-state index contributed by atoms with van der Waals surface area (Å²) in [6.45, 7) is 7.14. The van der Waals surface area contributed by atoms with Crippen LogP contribution >= 0.6 is 31.9 Å². The number of fused-ring (bicyclic) bond motifs is 1. The van der Waals surface area contributed by atoms with Gasteiger partial charge in [-0.3, -0.25) is 0 Å². The Balaban J connectivity index is 2.25. The van der Waals surface area contributed by atoms with E-state index in [1.54, 1.807) is 26.0 Å². The molecule has 3 aromatic rings. The first kappa shape index (κ1) is 23.3. The van der Waals surface area contributed by atoms with E-state index in [4.69, 9.17) is 4.74 Å². The monoisotopic (exact) mass is 574 g/mol. The molecule has 3 N–H and O–H groups in total. The molecule has 0 atom stereocenters. The molecule has 0 amide bonds. The smallest absolute Gasteiger partial charge is 0.341 e. The van der Waals surface area contributed by atoms with Crippen LogP contribution in [0, 0.1) is 27.7 Å². The Morgan fingerprint density at radius 1 is 0.848 bits per heavy atom. The number of hydrogen-bond donors (Lipinski definition) is 3. The highest BCUT2D eigenvalue weighted by Crippen LogP contribution is 2.53. The zero-order valence-corrected chi connectivity index (χ0v) is 21.4. The number of carboxylic acids is 1. The molecule has 1 aliphatic rings. The Bertz CT molecular complexity index is 1310. The number of aromatic hydroxyl groups is 2. The standard InChI is InChI=1S/C25H20Br2O6/c1-10-16(8-18(28)12(3)21(10)26)25(17-9-19(29)13(4)22(27)11(17)2)15-7-5-6-14(23(30)31)20(15)24(32)33-25/h5-9,28-29H,1-4H3,(H,30,31). The first-order chi connectivity index (χ1) is 15.4. The molecule has 3 aromatic carbocycles. The fourth-order valence-electron chi connectivity index (χ4n) is 4.50. The zero-order chi connectivity index (χ0) is 24.4. The SMILES string of the molecule is Cc1c(O)cc(C2(c3cc(O)c(C)c(Br)c3C)OC(=O)c3c(C(=O)O)cccc32)c(C)c1Br. The van der Waals surface area contributed by atoms with Crippen LogP contribution in [0.3, 0.4) is 0 Å². The van der Waals surface area contributed by atoms with Gasteiger partial charge in [0.1, 0.15) is 11.5 Å². The van der Waals surface area contributed by atoms with Gasteiger partial charge >= 0.3 is 11.9 Å². The highest BCUT2D eigenvalue weighted by Gasteiger charge is 2.52. The van der Waals surface area contributed by atoms with E-state index in [9.17, 15) is 24.9 Å². The quantitative estimate of drug-likeness (QED) is 0.330. The highest BCUT2D eigenvalue weighted by atomic mass is 79.9. The van der Waals surface area contributed by atoms with Gasteiger partial charge in [0, 0.05) is 36.8 Å². The van der Waals surface area contributed by atoms with Crippen molar-refractivity contribution in [3.8, 4) is 11.5 Å². The van der Waals surface area contributed by atoms with E-state index in [0.717, 1.165) is 0 Å².